The molecule has 2 aromatic carbocycles. The lowest BCUT2D eigenvalue weighted by Crippen LogP contribution is -2.46. The first-order chi connectivity index (χ1) is 12.9. The third kappa shape index (κ3) is 4.71. The van der Waals surface area contributed by atoms with Crippen LogP contribution in [0.25, 0.3) is 0 Å². The van der Waals surface area contributed by atoms with Gasteiger partial charge in [-0.2, -0.15) is 0 Å². The summed E-state index contributed by atoms with van der Waals surface area (Å²) in [7, 11) is -3.90. The van der Waals surface area contributed by atoms with Gasteiger partial charge in [-0.25, -0.2) is 17.5 Å². The summed E-state index contributed by atoms with van der Waals surface area (Å²) >= 11 is 0. The van der Waals surface area contributed by atoms with E-state index in [9.17, 15) is 17.6 Å². The van der Waals surface area contributed by atoms with Crippen molar-refractivity contribution in [3.8, 4) is 0 Å². The monoisotopic (exact) mass is 392 g/mol. The van der Waals surface area contributed by atoms with Crippen molar-refractivity contribution in [2.75, 3.05) is 26.2 Å². The molecule has 1 N–H and O–H groups in total. The van der Waals surface area contributed by atoms with E-state index in [1.807, 2.05) is 30.3 Å². The standard InChI is InChI=1S/C19H21FN2O4S/c1-14-11-16(20)7-8-18(14)27(24,25)21-12-19(23)22-9-10-26-17(13-22)15-5-3-2-4-6-15/h2-8,11,17,21H,9-10,12-13H2,1H3. The largest absolute Gasteiger partial charge is 0.370 e. The second-order valence-corrected chi connectivity index (χ2v) is 8.08. The van der Waals surface area contributed by atoms with E-state index in [0.29, 0.717) is 19.7 Å². The number of sulfonamides is 1. The molecule has 0 radical (unpaired) electrons. The minimum atomic E-state index is -3.90. The van der Waals surface area contributed by atoms with Gasteiger partial charge in [0.25, 0.3) is 0 Å². The van der Waals surface area contributed by atoms with E-state index in [1.165, 1.54) is 13.0 Å². The topological polar surface area (TPSA) is 75.7 Å². The lowest BCUT2D eigenvalue weighted by Gasteiger charge is -2.33. The van der Waals surface area contributed by atoms with Crippen molar-refractivity contribution in [3.05, 3.63) is 65.5 Å². The quantitative estimate of drug-likeness (QED) is 0.845. The van der Waals surface area contributed by atoms with Crippen LogP contribution in [0.3, 0.4) is 0 Å². The van der Waals surface area contributed by atoms with Gasteiger partial charge in [0.05, 0.1) is 24.6 Å². The molecule has 1 fully saturated rings. The van der Waals surface area contributed by atoms with Crippen LogP contribution >= 0.6 is 0 Å². The van der Waals surface area contributed by atoms with Crippen LogP contribution in [0.1, 0.15) is 17.2 Å². The molecule has 27 heavy (non-hydrogen) atoms. The number of benzene rings is 2. The Labute approximate surface area is 158 Å². The highest BCUT2D eigenvalue weighted by atomic mass is 32.2. The molecule has 1 unspecified atom stereocenters. The van der Waals surface area contributed by atoms with Crippen molar-refractivity contribution in [3.63, 3.8) is 0 Å². The maximum Gasteiger partial charge on any atom is 0.241 e. The predicted molar refractivity (Wildman–Crippen MR) is 98.0 cm³/mol. The van der Waals surface area contributed by atoms with Crippen molar-refractivity contribution < 1.29 is 22.3 Å². The maximum absolute atomic E-state index is 13.2. The summed E-state index contributed by atoms with van der Waals surface area (Å²) in [4.78, 5) is 14.0. The van der Waals surface area contributed by atoms with Crippen LogP contribution in [0, 0.1) is 12.7 Å². The summed E-state index contributed by atoms with van der Waals surface area (Å²) in [5.74, 6) is -0.842. The van der Waals surface area contributed by atoms with Gasteiger partial charge in [0.2, 0.25) is 15.9 Å². The van der Waals surface area contributed by atoms with Crippen LogP contribution < -0.4 is 4.72 Å². The van der Waals surface area contributed by atoms with Gasteiger partial charge in [0.1, 0.15) is 11.9 Å². The van der Waals surface area contributed by atoms with Crippen molar-refractivity contribution in [1.82, 2.24) is 9.62 Å². The van der Waals surface area contributed by atoms with Crippen molar-refractivity contribution in [2.24, 2.45) is 0 Å². The minimum Gasteiger partial charge on any atom is -0.370 e. The molecule has 3 rings (SSSR count). The van der Waals surface area contributed by atoms with Crippen LogP contribution in [0.4, 0.5) is 4.39 Å². The number of amides is 1. The zero-order valence-electron chi connectivity index (χ0n) is 14.9. The van der Waals surface area contributed by atoms with Gasteiger partial charge in [-0.15, -0.1) is 0 Å². The summed E-state index contributed by atoms with van der Waals surface area (Å²) in [6.07, 6.45) is -0.236. The Kier molecular flexibility index (Phi) is 5.88. The van der Waals surface area contributed by atoms with Crippen LogP contribution in [0.15, 0.2) is 53.4 Å². The first-order valence-electron chi connectivity index (χ1n) is 8.57. The van der Waals surface area contributed by atoms with Crippen molar-refractivity contribution >= 4 is 15.9 Å². The van der Waals surface area contributed by atoms with Gasteiger partial charge in [-0.3, -0.25) is 4.79 Å². The molecular weight excluding hydrogens is 371 g/mol. The molecule has 6 nitrogen and oxygen atoms in total. The summed E-state index contributed by atoms with van der Waals surface area (Å²) < 4.78 is 46.0. The second kappa shape index (κ2) is 8.16. The highest BCUT2D eigenvalue weighted by Gasteiger charge is 2.26. The molecule has 1 heterocycles. The third-order valence-corrected chi connectivity index (χ3v) is 5.99. The number of carbonyl (C=O) groups is 1. The third-order valence-electron chi connectivity index (χ3n) is 4.43. The van der Waals surface area contributed by atoms with E-state index in [-0.39, 0.29) is 29.0 Å². The molecule has 1 amide bonds. The van der Waals surface area contributed by atoms with Gasteiger partial charge >= 0.3 is 0 Å². The number of ether oxygens (including phenoxy) is 1. The molecule has 2 aromatic rings. The molecule has 0 aromatic heterocycles. The normalized spacial score (nSPS) is 17.7. The smallest absolute Gasteiger partial charge is 0.241 e. The fraction of sp³-hybridized carbons (Fsp3) is 0.316. The van der Waals surface area contributed by atoms with E-state index in [0.717, 1.165) is 17.7 Å². The summed E-state index contributed by atoms with van der Waals surface area (Å²) in [6.45, 7) is 2.29. The fourth-order valence-corrected chi connectivity index (χ4v) is 4.20. The average Bonchev–Trinajstić information content (AvgIpc) is 2.66. The Hall–Kier alpha value is -2.29. The molecule has 0 saturated carbocycles. The number of halogens is 1. The molecule has 1 aliphatic heterocycles. The molecule has 0 bridgehead atoms. The van der Waals surface area contributed by atoms with Gasteiger partial charge in [0, 0.05) is 6.54 Å². The zero-order valence-corrected chi connectivity index (χ0v) is 15.7. The number of carbonyl (C=O) groups excluding carboxylic acids is 1. The Bertz CT molecular complexity index is 919. The molecule has 0 spiro atoms. The van der Waals surface area contributed by atoms with Crippen molar-refractivity contribution in [1.29, 1.82) is 0 Å². The van der Waals surface area contributed by atoms with Gasteiger partial charge in [-0.1, -0.05) is 30.3 Å². The van der Waals surface area contributed by atoms with Crippen LogP contribution in [-0.2, 0) is 19.6 Å². The molecule has 0 aliphatic carbocycles. The van der Waals surface area contributed by atoms with E-state index < -0.39 is 15.8 Å². The summed E-state index contributed by atoms with van der Waals surface area (Å²) in [5, 5.41) is 0. The molecular formula is C19H21FN2O4S. The number of hydrogen-bond donors (Lipinski definition) is 1. The van der Waals surface area contributed by atoms with Crippen LogP contribution in [0.2, 0.25) is 0 Å². The maximum atomic E-state index is 13.2. The number of aryl methyl sites for hydroxylation is 1. The van der Waals surface area contributed by atoms with Gasteiger partial charge in [-0.05, 0) is 36.2 Å². The number of rotatable bonds is 5. The van der Waals surface area contributed by atoms with Crippen LogP contribution in [0.5, 0.6) is 0 Å². The minimum absolute atomic E-state index is 0.0409. The first kappa shape index (κ1) is 19.5. The SMILES string of the molecule is Cc1cc(F)ccc1S(=O)(=O)NCC(=O)N1CCOC(c2ccccc2)C1. The summed E-state index contributed by atoms with van der Waals surface area (Å²) in [5.41, 5.74) is 1.25. The highest BCUT2D eigenvalue weighted by molar-refractivity contribution is 7.89. The number of nitrogens with one attached hydrogen (secondary N) is 1. The second-order valence-electron chi connectivity index (χ2n) is 6.34. The van der Waals surface area contributed by atoms with Gasteiger partial charge in [0.15, 0.2) is 0 Å². The Morgan fingerprint density at radius 3 is 2.70 bits per heavy atom. The number of nitrogens with zero attached hydrogens (tertiary/aromatic N) is 1. The summed E-state index contributed by atoms with van der Waals surface area (Å²) in [6, 6.07) is 13.0. The van der Waals surface area contributed by atoms with E-state index in [4.69, 9.17) is 4.74 Å². The lowest BCUT2D eigenvalue weighted by molar-refractivity contribution is -0.137. The molecule has 1 saturated heterocycles. The van der Waals surface area contributed by atoms with E-state index >= 15 is 0 Å². The van der Waals surface area contributed by atoms with E-state index in [2.05, 4.69) is 4.72 Å². The Morgan fingerprint density at radius 1 is 1.26 bits per heavy atom. The van der Waals surface area contributed by atoms with Crippen molar-refractivity contribution in [2.45, 2.75) is 17.9 Å². The zero-order chi connectivity index (χ0) is 19.4. The number of morpholine rings is 1. The molecule has 1 aliphatic rings. The van der Waals surface area contributed by atoms with E-state index in [1.54, 1.807) is 4.90 Å². The Balaban J connectivity index is 1.63. The average molecular weight is 392 g/mol. The number of hydrogen-bond acceptors (Lipinski definition) is 4. The molecule has 8 heteroatoms. The predicted octanol–water partition coefficient (Wildman–Crippen LogP) is 2.01. The molecule has 1 atom stereocenters. The molecule has 144 valence electrons. The van der Waals surface area contributed by atoms with Crippen LogP contribution in [-0.4, -0.2) is 45.5 Å². The highest BCUT2D eigenvalue weighted by Crippen LogP contribution is 2.22. The fourth-order valence-electron chi connectivity index (χ4n) is 3.01. The lowest BCUT2D eigenvalue weighted by atomic mass is 10.1. The first-order valence-corrected chi connectivity index (χ1v) is 10.1. The van der Waals surface area contributed by atoms with Gasteiger partial charge < -0.3 is 9.64 Å². The Morgan fingerprint density at radius 2 is 2.00 bits per heavy atom.